The second-order valence-electron chi connectivity index (χ2n) is 5.33. The van der Waals surface area contributed by atoms with Crippen LogP contribution in [0.2, 0.25) is 0 Å². The molecule has 0 radical (unpaired) electrons. The van der Waals surface area contributed by atoms with Gasteiger partial charge in [0.25, 0.3) is 0 Å². The molecule has 1 spiro atoms. The third kappa shape index (κ3) is 1.96. The summed E-state index contributed by atoms with van der Waals surface area (Å²) in [6.45, 7) is 0. The third-order valence-electron chi connectivity index (χ3n) is 4.39. The van der Waals surface area contributed by atoms with Crippen molar-refractivity contribution in [3.8, 4) is 5.75 Å². The van der Waals surface area contributed by atoms with E-state index in [9.17, 15) is 4.39 Å². The molecule has 2 saturated carbocycles. The Morgan fingerprint density at radius 3 is 2.67 bits per heavy atom. The number of rotatable bonds is 2. The minimum atomic E-state index is -0.262. The highest BCUT2D eigenvalue weighted by molar-refractivity contribution is 9.10. The number of hydrogen-bond donors (Lipinski definition) is 0. The fourth-order valence-electron chi connectivity index (χ4n) is 3.25. The Kier molecular flexibility index (Phi) is 3.31. The summed E-state index contributed by atoms with van der Waals surface area (Å²) in [4.78, 5) is 0. The molecule has 1 aromatic carbocycles. The standard InChI is InChI=1S/C14H15BrClFO/c15-10-7-9(3-4-11(10)17)18-13-8-12(16)14(13)5-1-2-6-14/h3-4,7,12-13H,1-2,5-6,8H2. The van der Waals surface area contributed by atoms with Crippen LogP contribution in [0.4, 0.5) is 4.39 Å². The monoisotopic (exact) mass is 332 g/mol. The second-order valence-corrected chi connectivity index (χ2v) is 6.71. The summed E-state index contributed by atoms with van der Waals surface area (Å²) in [7, 11) is 0. The maximum Gasteiger partial charge on any atom is 0.137 e. The van der Waals surface area contributed by atoms with Gasteiger partial charge in [0.1, 0.15) is 17.7 Å². The van der Waals surface area contributed by atoms with Crippen molar-refractivity contribution in [1.82, 2.24) is 0 Å². The van der Waals surface area contributed by atoms with Crippen LogP contribution in [-0.4, -0.2) is 11.5 Å². The predicted octanol–water partition coefficient (Wildman–Crippen LogP) is 4.91. The Morgan fingerprint density at radius 2 is 2.06 bits per heavy atom. The molecule has 0 aromatic heterocycles. The molecule has 2 aliphatic carbocycles. The highest BCUT2D eigenvalue weighted by Crippen LogP contribution is 2.57. The van der Waals surface area contributed by atoms with E-state index in [1.807, 2.05) is 0 Å². The molecule has 1 aromatic rings. The Bertz CT molecular complexity index is 459. The molecule has 2 unspecified atom stereocenters. The van der Waals surface area contributed by atoms with Gasteiger partial charge in [-0.15, -0.1) is 11.6 Å². The first-order valence-corrected chi connectivity index (χ1v) is 7.60. The largest absolute Gasteiger partial charge is 0.490 e. The number of halogens is 3. The summed E-state index contributed by atoms with van der Waals surface area (Å²) in [6, 6.07) is 4.81. The van der Waals surface area contributed by atoms with Crippen LogP contribution in [0.1, 0.15) is 32.1 Å². The highest BCUT2D eigenvalue weighted by atomic mass is 79.9. The Labute approximate surface area is 120 Å². The van der Waals surface area contributed by atoms with E-state index < -0.39 is 0 Å². The van der Waals surface area contributed by atoms with Gasteiger partial charge >= 0.3 is 0 Å². The molecular weight excluding hydrogens is 319 g/mol. The zero-order valence-corrected chi connectivity index (χ0v) is 12.3. The average Bonchev–Trinajstić information content (AvgIpc) is 2.85. The van der Waals surface area contributed by atoms with Crippen LogP contribution < -0.4 is 4.74 Å². The van der Waals surface area contributed by atoms with Crippen molar-refractivity contribution in [2.75, 3.05) is 0 Å². The summed E-state index contributed by atoms with van der Waals surface area (Å²) >= 11 is 9.56. The first kappa shape index (κ1) is 12.7. The van der Waals surface area contributed by atoms with Crippen LogP contribution in [0, 0.1) is 11.2 Å². The number of hydrogen-bond acceptors (Lipinski definition) is 1. The molecule has 0 aliphatic heterocycles. The van der Waals surface area contributed by atoms with E-state index in [0.29, 0.717) is 4.47 Å². The van der Waals surface area contributed by atoms with Gasteiger partial charge in [0.2, 0.25) is 0 Å². The van der Waals surface area contributed by atoms with Crippen LogP contribution in [0.15, 0.2) is 22.7 Å². The second kappa shape index (κ2) is 4.68. The summed E-state index contributed by atoms with van der Waals surface area (Å²) in [6.07, 6.45) is 5.91. The van der Waals surface area contributed by atoms with Crippen molar-refractivity contribution in [2.45, 2.75) is 43.6 Å². The zero-order valence-electron chi connectivity index (χ0n) is 9.96. The number of ether oxygens (including phenoxy) is 1. The first-order chi connectivity index (χ1) is 8.62. The van der Waals surface area contributed by atoms with Crippen LogP contribution >= 0.6 is 27.5 Å². The normalized spacial score (nSPS) is 29.3. The summed E-state index contributed by atoms with van der Waals surface area (Å²) in [5.41, 5.74) is 0.169. The van der Waals surface area contributed by atoms with Gasteiger partial charge in [0.15, 0.2) is 0 Å². The molecule has 0 saturated heterocycles. The molecule has 1 nitrogen and oxygen atoms in total. The van der Waals surface area contributed by atoms with Gasteiger partial charge in [-0.05, 0) is 47.0 Å². The van der Waals surface area contributed by atoms with Crippen molar-refractivity contribution in [3.63, 3.8) is 0 Å². The fourth-order valence-corrected chi connectivity index (χ4v) is 4.13. The Morgan fingerprint density at radius 1 is 1.33 bits per heavy atom. The molecule has 2 atom stereocenters. The summed E-state index contributed by atoms with van der Waals surface area (Å²) in [5.74, 6) is 0.463. The molecular formula is C14H15BrClFO. The Balaban J connectivity index is 1.75. The summed E-state index contributed by atoms with van der Waals surface area (Å²) in [5, 5.41) is 0.244. The van der Waals surface area contributed by atoms with Crippen molar-refractivity contribution in [3.05, 3.63) is 28.5 Å². The molecule has 18 heavy (non-hydrogen) atoms. The Hall–Kier alpha value is -0.280. The van der Waals surface area contributed by atoms with Gasteiger partial charge in [0, 0.05) is 17.2 Å². The molecule has 0 amide bonds. The minimum absolute atomic E-state index is 0.169. The lowest BCUT2D eigenvalue weighted by Gasteiger charge is -2.50. The van der Waals surface area contributed by atoms with Crippen LogP contribution in [-0.2, 0) is 0 Å². The molecule has 0 heterocycles. The van der Waals surface area contributed by atoms with Crippen LogP contribution in [0.3, 0.4) is 0 Å². The highest BCUT2D eigenvalue weighted by Gasteiger charge is 2.56. The number of alkyl halides is 1. The van der Waals surface area contributed by atoms with Crippen molar-refractivity contribution < 1.29 is 9.13 Å². The lowest BCUT2D eigenvalue weighted by atomic mass is 9.64. The third-order valence-corrected chi connectivity index (χ3v) is 5.61. The predicted molar refractivity (Wildman–Crippen MR) is 73.7 cm³/mol. The van der Waals surface area contributed by atoms with Crippen molar-refractivity contribution >= 4 is 27.5 Å². The van der Waals surface area contributed by atoms with Crippen LogP contribution in [0.25, 0.3) is 0 Å². The average molecular weight is 334 g/mol. The van der Waals surface area contributed by atoms with E-state index in [2.05, 4.69) is 15.9 Å². The van der Waals surface area contributed by atoms with Gasteiger partial charge in [-0.2, -0.15) is 0 Å². The van der Waals surface area contributed by atoms with E-state index >= 15 is 0 Å². The van der Waals surface area contributed by atoms with E-state index in [4.69, 9.17) is 16.3 Å². The van der Waals surface area contributed by atoms with E-state index in [0.717, 1.165) is 25.0 Å². The van der Waals surface area contributed by atoms with Crippen LogP contribution in [0.5, 0.6) is 5.75 Å². The van der Waals surface area contributed by atoms with Gasteiger partial charge in [0.05, 0.1) is 4.47 Å². The molecule has 0 bridgehead atoms. The van der Waals surface area contributed by atoms with Gasteiger partial charge < -0.3 is 4.74 Å². The van der Waals surface area contributed by atoms with Gasteiger partial charge in [-0.1, -0.05) is 12.8 Å². The van der Waals surface area contributed by atoms with Crippen molar-refractivity contribution in [1.29, 1.82) is 0 Å². The van der Waals surface area contributed by atoms with Gasteiger partial charge in [-0.25, -0.2) is 4.39 Å². The molecule has 2 fully saturated rings. The maximum absolute atomic E-state index is 13.2. The first-order valence-electron chi connectivity index (χ1n) is 6.37. The quantitative estimate of drug-likeness (QED) is 0.699. The summed E-state index contributed by atoms with van der Waals surface area (Å²) < 4.78 is 19.6. The van der Waals surface area contributed by atoms with E-state index in [1.54, 1.807) is 12.1 Å². The lowest BCUT2D eigenvalue weighted by Crippen LogP contribution is -2.55. The smallest absolute Gasteiger partial charge is 0.137 e. The molecule has 4 heteroatoms. The molecule has 2 aliphatic rings. The van der Waals surface area contributed by atoms with Crippen molar-refractivity contribution in [2.24, 2.45) is 5.41 Å². The minimum Gasteiger partial charge on any atom is -0.490 e. The SMILES string of the molecule is Fc1ccc(OC2CC(Cl)C23CCCC3)cc1Br. The van der Waals surface area contributed by atoms with Gasteiger partial charge in [-0.3, -0.25) is 0 Å². The topological polar surface area (TPSA) is 9.23 Å². The lowest BCUT2D eigenvalue weighted by molar-refractivity contribution is -0.0356. The fraction of sp³-hybridized carbons (Fsp3) is 0.571. The van der Waals surface area contributed by atoms with E-state index in [-0.39, 0.29) is 22.7 Å². The number of benzene rings is 1. The van der Waals surface area contributed by atoms with E-state index in [1.165, 1.54) is 18.9 Å². The zero-order chi connectivity index (χ0) is 12.8. The maximum atomic E-state index is 13.2. The molecule has 3 rings (SSSR count). The molecule has 98 valence electrons. The molecule has 0 N–H and O–H groups in total.